The second-order valence-electron chi connectivity index (χ2n) is 3.07. The zero-order valence-corrected chi connectivity index (χ0v) is 11.1. The Hall–Kier alpha value is -0.350. The monoisotopic (exact) mass is 319 g/mol. The van der Waals surface area contributed by atoms with Crippen LogP contribution in [0.15, 0.2) is 22.7 Å². The van der Waals surface area contributed by atoms with Gasteiger partial charge in [0.2, 0.25) is 5.91 Å². The highest BCUT2D eigenvalue weighted by Crippen LogP contribution is 2.20. The van der Waals surface area contributed by atoms with Crippen molar-refractivity contribution in [1.29, 1.82) is 0 Å². The van der Waals surface area contributed by atoms with Gasteiger partial charge >= 0.3 is 0 Å². The molecule has 1 N–H and O–H groups in total. The molecule has 0 aliphatic heterocycles. The Balaban J connectivity index is 2.78. The highest BCUT2D eigenvalue weighted by Gasteiger charge is 2.08. The fraction of sp³-hybridized carbons (Fsp3) is 0.300. The van der Waals surface area contributed by atoms with E-state index < -0.39 is 0 Å². The molecule has 0 aliphatic rings. The summed E-state index contributed by atoms with van der Waals surface area (Å²) in [5.74, 6) is -0.0410. The summed E-state index contributed by atoms with van der Waals surface area (Å²) >= 11 is 6.62. The van der Waals surface area contributed by atoms with E-state index in [0.717, 1.165) is 15.7 Å². The summed E-state index contributed by atoms with van der Waals surface area (Å²) in [6.07, 6.45) is 0. The van der Waals surface area contributed by atoms with Gasteiger partial charge in [-0.25, -0.2) is 0 Å². The van der Waals surface area contributed by atoms with Crippen LogP contribution in [-0.2, 0) is 4.79 Å². The first-order valence-corrected chi connectivity index (χ1v) is 5.92. The summed E-state index contributed by atoms with van der Waals surface area (Å²) in [7, 11) is 0. The van der Waals surface area contributed by atoms with Crippen LogP contribution in [0.2, 0.25) is 0 Å². The van der Waals surface area contributed by atoms with E-state index in [0.29, 0.717) is 0 Å². The fourth-order valence-electron chi connectivity index (χ4n) is 0.912. The van der Waals surface area contributed by atoms with E-state index in [1.165, 1.54) is 0 Å². The number of halogens is 2. The lowest BCUT2D eigenvalue weighted by Crippen LogP contribution is -2.19. The molecule has 0 radical (unpaired) electrons. The van der Waals surface area contributed by atoms with E-state index in [-0.39, 0.29) is 10.7 Å². The molecule has 0 saturated carbocycles. The maximum absolute atomic E-state index is 11.3. The number of carbonyl (C=O) groups excluding carboxylic acids is 1. The molecule has 76 valence electrons. The summed E-state index contributed by atoms with van der Waals surface area (Å²) in [6.45, 7) is 3.79. The van der Waals surface area contributed by atoms with Gasteiger partial charge in [0, 0.05) is 10.2 Å². The SMILES string of the molecule is Cc1ccc(NC(=O)C(C)Br)cc1Br. The normalized spacial score (nSPS) is 12.3. The Kier molecular flexibility index (Phi) is 4.13. The summed E-state index contributed by atoms with van der Waals surface area (Å²) in [4.78, 5) is 11.2. The third-order valence-corrected chi connectivity index (χ3v) is 3.07. The first-order valence-electron chi connectivity index (χ1n) is 4.22. The molecule has 0 bridgehead atoms. The van der Waals surface area contributed by atoms with E-state index in [9.17, 15) is 4.79 Å². The van der Waals surface area contributed by atoms with Crippen LogP contribution in [0.1, 0.15) is 12.5 Å². The van der Waals surface area contributed by atoms with Gasteiger partial charge in [0.1, 0.15) is 0 Å². The van der Waals surface area contributed by atoms with Crippen molar-refractivity contribution in [3.8, 4) is 0 Å². The minimum absolute atomic E-state index is 0.0410. The maximum atomic E-state index is 11.3. The molecule has 0 aliphatic carbocycles. The number of hydrogen-bond acceptors (Lipinski definition) is 1. The molecule has 4 heteroatoms. The molecule has 0 fully saturated rings. The van der Waals surface area contributed by atoms with Gasteiger partial charge in [0.05, 0.1) is 4.83 Å². The quantitative estimate of drug-likeness (QED) is 0.830. The molecule has 1 aromatic rings. The van der Waals surface area contributed by atoms with Crippen molar-refractivity contribution in [3.05, 3.63) is 28.2 Å². The molecular weight excluding hydrogens is 310 g/mol. The number of carbonyl (C=O) groups is 1. The lowest BCUT2D eigenvalue weighted by Gasteiger charge is -2.07. The molecule has 14 heavy (non-hydrogen) atoms. The Morgan fingerprint density at radius 1 is 1.50 bits per heavy atom. The van der Waals surface area contributed by atoms with Crippen molar-refractivity contribution >= 4 is 43.5 Å². The average molecular weight is 321 g/mol. The third-order valence-electron chi connectivity index (χ3n) is 1.80. The van der Waals surface area contributed by atoms with Crippen LogP contribution in [0, 0.1) is 6.92 Å². The molecule has 0 saturated heterocycles. The number of anilines is 1. The van der Waals surface area contributed by atoms with Crippen molar-refractivity contribution < 1.29 is 4.79 Å². The van der Waals surface area contributed by atoms with Gasteiger partial charge in [-0.2, -0.15) is 0 Å². The van der Waals surface area contributed by atoms with E-state index in [1.54, 1.807) is 6.92 Å². The fourth-order valence-corrected chi connectivity index (χ4v) is 1.41. The number of alkyl halides is 1. The van der Waals surface area contributed by atoms with Crippen molar-refractivity contribution in [2.45, 2.75) is 18.7 Å². The van der Waals surface area contributed by atoms with Gasteiger partial charge in [0.15, 0.2) is 0 Å². The van der Waals surface area contributed by atoms with E-state index in [4.69, 9.17) is 0 Å². The molecule has 1 unspecified atom stereocenters. The Bertz CT molecular complexity index is 350. The number of nitrogens with one attached hydrogen (secondary N) is 1. The van der Waals surface area contributed by atoms with Crippen molar-refractivity contribution in [3.63, 3.8) is 0 Å². The van der Waals surface area contributed by atoms with Crippen LogP contribution in [0.5, 0.6) is 0 Å². The van der Waals surface area contributed by atoms with Crippen LogP contribution in [0.3, 0.4) is 0 Å². The minimum Gasteiger partial charge on any atom is -0.325 e. The molecule has 1 aromatic carbocycles. The predicted molar refractivity (Wildman–Crippen MR) is 65.9 cm³/mol. The number of rotatable bonds is 2. The minimum atomic E-state index is -0.178. The predicted octanol–water partition coefficient (Wildman–Crippen LogP) is 3.48. The van der Waals surface area contributed by atoms with E-state index in [2.05, 4.69) is 37.2 Å². The second kappa shape index (κ2) is 4.94. The van der Waals surface area contributed by atoms with Gasteiger partial charge in [0.25, 0.3) is 0 Å². The van der Waals surface area contributed by atoms with Gasteiger partial charge in [-0.15, -0.1) is 0 Å². The zero-order chi connectivity index (χ0) is 10.7. The topological polar surface area (TPSA) is 29.1 Å². The number of hydrogen-bond donors (Lipinski definition) is 1. The number of aryl methyl sites for hydroxylation is 1. The molecule has 0 spiro atoms. The van der Waals surface area contributed by atoms with Gasteiger partial charge in [-0.3, -0.25) is 4.79 Å². The number of amides is 1. The Labute approximate surface area is 100 Å². The Morgan fingerprint density at radius 3 is 2.64 bits per heavy atom. The molecule has 2 nitrogen and oxygen atoms in total. The van der Waals surface area contributed by atoms with Gasteiger partial charge < -0.3 is 5.32 Å². The van der Waals surface area contributed by atoms with E-state index in [1.807, 2.05) is 25.1 Å². The first-order chi connectivity index (χ1) is 6.50. The lowest BCUT2D eigenvalue weighted by atomic mass is 10.2. The molecule has 1 amide bonds. The molecule has 0 aromatic heterocycles. The standard InChI is InChI=1S/C10H11Br2NO/c1-6-3-4-8(5-9(6)12)13-10(14)7(2)11/h3-5,7H,1-2H3,(H,13,14). The van der Waals surface area contributed by atoms with E-state index >= 15 is 0 Å². The maximum Gasteiger partial charge on any atom is 0.237 e. The lowest BCUT2D eigenvalue weighted by molar-refractivity contribution is -0.115. The largest absolute Gasteiger partial charge is 0.325 e. The number of benzene rings is 1. The van der Waals surface area contributed by atoms with Crippen LogP contribution in [0.25, 0.3) is 0 Å². The third kappa shape index (κ3) is 3.10. The van der Waals surface area contributed by atoms with Crippen LogP contribution in [-0.4, -0.2) is 10.7 Å². The van der Waals surface area contributed by atoms with Gasteiger partial charge in [-0.1, -0.05) is 37.9 Å². The summed E-state index contributed by atoms with van der Waals surface area (Å²) in [6, 6.07) is 5.73. The average Bonchev–Trinajstić information content (AvgIpc) is 2.11. The summed E-state index contributed by atoms with van der Waals surface area (Å²) in [5, 5.41) is 2.79. The van der Waals surface area contributed by atoms with Crippen molar-refractivity contribution in [2.24, 2.45) is 0 Å². The molecular formula is C10H11Br2NO. The highest BCUT2D eigenvalue weighted by molar-refractivity contribution is 9.10. The highest BCUT2D eigenvalue weighted by atomic mass is 79.9. The van der Waals surface area contributed by atoms with Gasteiger partial charge in [-0.05, 0) is 31.5 Å². The molecule has 1 atom stereocenters. The van der Waals surface area contributed by atoms with Crippen LogP contribution < -0.4 is 5.32 Å². The summed E-state index contributed by atoms with van der Waals surface area (Å²) in [5.41, 5.74) is 1.95. The molecule has 1 rings (SSSR count). The summed E-state index contributed by atoms with van der Waals surface area (Å²) < 4.78 is 0.998. The second-order valence-corrected chi connectivity index (χ2v) is 5.30. The van der Waals surface area contributed by atoms with Crippen molar-refractivity contribution in [2.75, 3.05) is 5.32 Å². The van der Waals surface area contributed by atoms with Crippen LogP contribution >= 0.6 is 31.9 Å². The Morgan fingerprint density at radius 2 is 2.14 bits per heavy atom. The zero-order valence-electron chi connectivity index (χ0n) is 7.97. The molecule has 0 heterocycles. The smallest absolute Gasteiger partial charge is 0.237 e. The van der Waals surface area contributed by atoms with Crippen molar-refractivity contribution in [1.82, 2.24) is 0 Å². The first kappa shape index (κ1) is 11.7. The van der Waals surface area contributed by atoms with Crippen LogP contribution in [0.4, 0.5) is 5.69 Å².